The standard InChI is InChI=1S/C13H18N4OS/c1-8(9-5-3-2-4-6-9)19-13-15-11-10(7-14-17-11)12(18)16-13/h2-6,8,10-11,13-15,17H,7H2,1H3,(H,16,18). The maximum absolute atomic E-state index is 12.0. The van der Waals surface area contributed by atoms with Gasteiger partial charge in [0, 0.05) is 11.8 Å². The predicted octanol–water partition coefficient (Wildman–Crippen LogP) is 0.534. The maximum atomic E-state index is 12.0. The normalized spacial score (nSPS) is 31.6. The monoisotopic (exact) mass is 278 g/mol. The van der Waals surface area contributed by atoms with Crippen molar-refractivity contribution < 1.29 is 4.79 Å². The SMILES string of the molecule is CC(SC1NC(=O)C2CNNC2N1)c1ccccc1. The average molecular weight is 278 g/mol. The molecule has 5 nitrogen and oxygen atoms in total. The molecule has 2 aliphatic rings. The summed E-state index contributed by atoms with van der Waals surface area (Å²) in [6.07, 6.45) is 0.0224. The molecular weight excluding hydrogens is 260 g/mol. The molecule has 4 unspecified atom stereocenters. The molecule has 102 valence electrons. The van der Waals surface area contributed by atoms with E-state index in [1.807, 2.05) is 18.2 Å². The summed E-state index contributed by atoms with van der Waals surface area (Å²) >= 11 is 1.72. The highest BCUT2D eigenvalue weighted by atomic mass is 32.2. The Hall–Kier alpha value is -1.08. The first-order chi connectivity index (χ1) is 9.24. The minimum Gasteiger partial charge on any atom is -0.331 e. The van der Waals surface area contributed by atoms with Gasteiger partial charge in [0.25, 0.3) is 0 Å². The number of thioether (sulfide) groups is 1. The van der Waals surface area contributed by atoms with Gasteiger partial charge in [0.05, 0.1) is 12.1 Å². The van der Waals surface area contributed by atoms with E-state index >= 15 is 0 Å². The molecule has 1 aromatic rings. The van der Waals surface area contributed by atoms with Gasteiger partial charge in [-0.05, 0) is 12.5 Å². The molecule has 19 heavy (non-hydrogen) atoms. The zero-order valence-corrected chi connectivity index (χ0v) is 11.5. The molecule has 0 radical (unpaired) electrons. The first-order valence-corrected chi connectivity index (χ1v) is 7.43. The van der Waals surface area contributed by atoms with Gasteiger partial charge < -0.3 is 5.32 Å². The highest BCUT2D eigenvalue weighted by Crippen LogP contribution is 2.31. The number of nitrogens with one attached hydrogen (secondary N) is 4. The number of rotatable bonds is 3. The Kier molecular flexibility index (Phi) is 3.74. The van der Waals surface area contributed by atoms with E-state index in [9.17, 15) is 4.79 Å². The first-order valence-electron chi connectivity index (χ1n) is 6.49. The highest BCUT2D eigenvalue weighted by Gasteiger charge is 2.39. The van der Waals surface area contributed by atoms with Gasteiger partial charge >= 0.3 is 0 Å². The van der Waals surface area contributed by atoms with Gasteiger partial charge in [0.1, 0.15) is 5.50 Å². The van der Waals surface area contributed by atoms with Crippen LogP contribution in [0, 0.1) is 5.92 Å². The van der Waals surface area contributed by atoms with Crippen LogP contribution in [-0.2, 0) is 4.79 Å². The zero-order valence-electron chi connectivity index (χ0n) is 10.7. The third-order valence-electron chi connectivity index (χ3n) is 3.53. The second-order valence-electron chi connectivity index (χ2n) is 4.85. The number of fused-ring (bicyclic) bond motifs is 1. The number of hydrazine groups is 1. The Morgan fingerprint density at radius 2 is 2.11 bits per heavy atom. The van der Waals surface area contributed by atoms with Crippen molar-refractivity contribution in [1.29, 1.82) is 0 Å². The lowest BCUT2D eigenvalue weighted by Gasteiger charge is -2.33. The molecule has 0 aliphatic carbocycles. The summed E-state index contributed by atoms with van der Waals surface area (Å²) in [4.78, 5) is 12.0. The Labute approximate surface area is 116 Å². The molecule has 4 N–H and O–H groups in total. The van der Waals surface area contributed by atoms with Crippen molar-refractivity contribution in [1.82, 2.24) is 21.5 Å². The van der Waals surface area contributed by atoms with Crippen LogP contribution in [-0.4, -0.2) is 24.1 Å². The Morgan fingerprint density at radius 1 is 1.32 bits per heavy atom. The van der Waals surface area contributed by atoms with Gasteiger partial charge in [0.15, 0.2) is 0 Å². The summed E-state index contributed by atoms with van der Waals surface area (Å²) in [6, 6.07) is 10.3. The van der Waals surface area contributed by atoms with Crippen LogP contribution >= 0.6 is 11.8 Å². The van der Waals surface area contributed by atoms with Gasteiger partial charge in [-0.3, -0.25) is 15.5 Å². The van der Waals surface area contributed by atoms with E-state index in [1.165, 1.54) is 5.56 Å². The van der Waals surface area contributed by atoms with Crippen molar-refractivity contribution >= 4 is 17.7 Å². The largest absolute Gasteiger partial charge is 0.331 e. The predicted molar refractivity (Wildman–Crippen MR) is 75.9 cm³/mol. The lowest BCUT2D eigenvalue weighted by molar-refractivity contribution is -0.127. The molecule has 1 amide bonds. The molecule has 6 heteroatoms. The Balaban J connectivity index is 1.63. The van der Waals surface area contributed by atoms with E-state index in [0.29, 0.717) is 11.8 Å². The number of carbonyl (C=O) groups excluding carboxylic acids is 1. The van der Waals surface area contributed by atoms with Gasteiger partial charge in [0.2, 0.25) is 5.91 Å². The molecule has 0 bridgehead atoms. The lowest BCUT2D eigenvalue weighted by atomic mass is 10.1. The van der Waals surface area contributed by atoms with Gasteiger partial charge in [-0.2, -0.15) is 0 Å². The molecule has 3 rings (SSSR count). The number of hydrogen-bond acceptors (Lipinski definition) is 5. The fourth-order valence-electron chi connectivity index (χ4n) is 2.42. The van der Waals surface area contributed by atoms with Crippen LogP contribution < -0.4 is 21.5 Å². The number of carbonyl (C=O) groups is 1. The smallest absolute Gasteiger partial charge is 0.229 e. The number of hydrogen-bond donors (Lipinski definition) is 4. The first kappa shape index (κ1) is 12.9. The molecule has 0 aromatic heterocycles. The van der Waals surface area contributed by atoms with Gasteiger partial charge in [-0.1, -0.05) is 30.3 Å². The summed E-state index contributed by atoms with van der Waals surface area (Å²) in [6.45, 7) is 2.83. The van der Waals surface area contributed by atoms with E-state index in [4.69, 9.17) is 0 Å². The minimum absolute atomic E-state index is 0.0224. The number of benzene rings is 1. The van der Waals surface area contributed by atoms with Crippen LogP contribution in [0.2, 0.25) is 0 Å². The van der Waals surface area contributed by atoms with Crippen molar-refractivity contribution in [2.45, 2.75) is 23.8 Å². The van der Waals surface area contributed by atoms with Crippen molar-refractivity contribution in [3.05, 3.63) is 35.9 Å². The van der Waals surface area contributed by atoms with Gasteiger partial charge in [-0.15, -0.1) is 11.8 Å². The van der Waals surface area contributed by atoms with Crippen LogP contribution in [0.25, 0.3) is 0 Å². The van der Waals surface area contributed by atoms with Crippen LogP contribution in [0.1, 0.15) is 17.7 Å². The molecule has 2 aliphatic heterocycles. The van der Waals surface area contributed by atoms with Crippen LogP contribution in [0.5, 0.6) is 0 Å². The Bertz CT molecular complexity index is 455. The maximum Gasteiger partial charge on any atom is 0.229 e. The summed E-state index contributed by atoms with van der Waals surface area (Å²) in [7, 11) is 0. The minimum atomic E-state index is -0.0589. The molecule has 2 fully saturated rings. The van der Waals surface area contributed by atoms with E-state index < -0.39 is 0 Å². The summed E-state index contributed by atoms with van der Waals surface area (Å²) in [5.41, 5.74) is 7.32. The molecule has 2 saturated heterocycles. The second-order valence-corrected chi connectivity index (χ2v) is 6.30. The average Bonchev–Trinajstić information content (AvgIpc) is 2.88. The molecule has 2 heterocycles. The quantitative estimate of drug-likeness (QED) is 0.650. The van der Waals surface area contributed by atoms with Gasteiger partial charge in [-0.25, -0.2) is 5.43 Å². The van der Waals surface area contributed by atoms with Crippen LogP contribution in [0.15, 0.2) is 30.3 Å². The second kappa shape index (κ2) is 5.50. The molecule has 4 atom stereocenters. The van der Waals surface area contributed by atoms with Crippen molar-refractivity contribution in [2.24, 2.45) is 5.92 Å². The van der Waals surface area contributed by atoms with E-state index in [2.05, 4.69) is 40.5 Å². The Morgan fingerprint density at radius 3 is 2.89 bits per heavy atom. The zero-order chi connectivity index (χ0) is 13.2. The van der Waals surface area contributed by atoms with Crippen LogP contribution in [0.4, 0.5) is 0 Å². The fraction of sp³-hybridized carbons (Fsp3) is 0.462. The molecule has 0 saturated carbocycles. The molecule has 0 spiro atoms. The lowest BCUT2D eigenvalue weighted by Crippen LogP contribution is -2.62. The molecule has 1 aromatic carbocycles. The van der Waals surface area contributed by atoms with E-state index in [0.717, 1.165) is 0 Å². The topological polar surface area (TPSA) is 65.2 Å². The van der Waals surface area contributed by atoms with Crippen LogP contribution in [0.3, 0.4) is 0 Å². The summed E-state index contributed by atoms with van der Waals surface area (Å²) in [5.74, 6) is 0.0860. The molecular formula is C13H18N4OS. The summed E-state index contributed by atoms with van der Waals surface area (Å²) in [5, 5.41) is 6.75. The van der Waals surface area contributed by atoms with Crippen molar-refractivity contribution in [3.8, 4) is 0 Å². The van der Waals surface area contributed by atoms with Crippen molar-refractivity contribution in [2.75, 3.05) is 6.54 Å². The van der Waals surface area contributed by atoms with E-state index in [-0.39, 0.29) is 23.5 Å². The van der Waals surface area contributed by atoms with E-state index in [1.54, 1.807) is 11.8 Å². The highest BCUT2D eigenvalue weighted by molar-refractivity contribution is 8.00. The fourth-order valence-corrected chi connectivity index (χ4v) is 3.55. The number of amides is 1. The van der Waals surface area contributed by atoms with Crippen molar-refractivity contribution in [3.63, 3.8) is 0 Å². The third kappa shape index (κ3) is 2.76. The summed E-state index contributed by atoms with van der Waals surface area (Å²) < 4.78 is 0. The third-order valence-corrected chi connectivity index (χ3v) is 4.74.